The fourth-order valence-corrected chi connectivity index (χ4v) is 4.13. The van der Waals surface area contributed by atoms with Gasteiger partial charge in [-0.3, -0.25) is 14.4 Å². The van der Waals surface area contributed by atoms with E-state index in [1.165, 1.54) is 6.92 Å². The number of carbonyl (C=O) groups excluding carboxylic acids is 3. The predicted octanol–water partition coefficient (Wildman–Crippen LogP) is 0.775. The van der Waals surface area contributed by atoms with Crippen LogP contribution in [0, 0.1) is 5.92 Å². The Balaban J connectivity index is 2.01. The van der Waals surface area contributed by atoms with Crippen LogP contribution in [0.1, 0.15) is 31.7 Å². The molecule has 1 aromatic rings. The van der Waals surface area contributed by atoms with Crippen molar-refractivity contribution >= 4 is 17.7 Å². The highest BCUT2D eigenvalue weighted by Crippen LogP contribution is 2.40. The van der Waals surface area contributed by atoms with E-state index in [-0.39, 0.29) is 23.6 Å². The van der Waals surface area contributed by atoms with Crippen LogP contribution >= 0.6 is 0 Å². The molecule has 24 heavy (non-hydrogen) atoms. The average molecular weight is 329 g/mol. The van der Waals surface area contributed by atoms with Gasteiger partial charge < -0.3 is 15.5 Å². The molecule has 0 spiro atoms. The van der Waals surface area contributed by atoms with Crippen molar-refractivity contribution in [1.82, 2.24) is 15.5 Å². The van der Waals surface area contributed by atoms with Gasteiger partial charge in [0.1, 0.15) is 11.6 Å². The number of nitrogens with zero attached hydrogens (tertiary/aromatic N) is 1. The van der Waals surface area contributed by atoms with Gasteiger partial charge in [-0.05, 0) is 30.7 Å². The number of hydrogen-bond acceptors (Lipinski definition) is 3. The molecule has 2 aliphatic heterocycles. The van der Waals surface area contributed by atoms with Crippen LogP contribution in [0.4, 0.5) is 0 Å². The second kappa shape index (κ2) is 6.26. The molecule has 2 saturated heterocycles. The monoisotopic (exact) mass is 329 g/mol. The summed E-state index contributed by atoms with van der Waals surface area (Å²) in [6.07, 6.45) is 2.19. The molecule has 0 radical (unpaired) electrons. The molecular formula is C18H23N3O3. The maximum atomic E-state index is 12.9. The molecule has 0 saturated carbocycles. The number of fused-ring (bicyclic) bond motifs is 1. The Labute approximate surface area is 141 Å². The number of benzene rings is 1. The van der Waals surface area contributed by atoms with E-state index in [9.17, 15) is 14.4 Å². The largest absolute Gasteiger partial charge is 0.357 e. The fraction of sp³-hybridized carbons (Fsp3) is 0.500. The van der Waals surface area contributed by atoms with Crippen molar-refractivity contribution in [1.29, 1.82) is 0 Å². The molecule has 3 rings (SSSR count). The van der Waals surface area contributed by atoms with Gasteiger partial charge in [-0.25, -0.2) is 0 Å². The van der Waals surface area contributed by atoms with E-state index < -0.39 is 11.6 Å². The quantitative estimate of drug-likeness (QED) is 0.841. The summed E-state index contributed by atoms with van der Waals surface area (Å²) in [5.74, 6) is -0.574. The molecule has 0 aromatic heterocycles. The van der Waals surface area contributed by atoms with Crippen LogP contribution < -0.4 is 10.6 Å². The molecule has 6 nitrogen and oxygen atoms in total. The molecule has 3 amide bonds. The van der Waals surface area contributed by atoms with Crippen LogP contribution in [0.15, 0.2) is 30.3 Å². The van der Waals surface area contributed by atoms with Crippen molar-refractivity contribution < 1.29 is 14.4 Å². The van der Waals surface area contributed by atoms with Gasteiger partial charge in [0.25, 0.3) is 0 Å². The lowest BCUT2D eigenvalue weighted by Crippen LogP contribution is -2.68. The first-order valence-corrected chi connectivity index (χ1v) is 8.36. The van der Waals surface area contributed by atoms with E-state index in [0.717, 1.165) is 18.4 Å². The minimum atomic E-state index is -1.08. The lowest BCUT2D eigenvalue weighted by atomic mass is 9.71. The minimum absolute atomic E-state index is 0.0195. The number of nitrogens with one attached hydrogen (secondary N) is 2. The van der Waals surface area contributed by atoms with Crippen LogP contribution in [0.25, 0.3) is 0 Å². The normalized spacial score (nSPS) is 29.4. The van der Waals surface area contributed by atoms with Gasteiger partial charge in [-0.2, -0.15) is 0 Å². The summed E-state index contributed by atoms with van der Waals surface area (Å²) in [7, 11) is 1.58. The summed E-state index contributed by atoms with van der Waals surface area (Å²) in [4.78, 5) is 39.1. The molecule has 2 heterocycles. The zero-order valence-corrected chi connectivity index (χ0v) is 14.0. The topological polar surface area (TPSA) is 78.5 Å². The molecular weight excluding hydrogens is 306 g/mol. The molecule has 3 atom stereocenters. The fourth-order valence-electron chi connectivity index (χ4n) is 4.13. The number of carbonyl (C=O) groups is 3. The van der Waals surface area contributed by atoms with E-state index in [0.29, 0.717) is 13.0 Å². The number of likely N-dealkylation sites (N-methyl/N-ethyl adjacent to an activating group) is 1. The molecule has 128 valence electrons. The second-order valence-corrected chi connectivity index (χ2v) is 6.60. The maximum absolute atomic E-state index is 12.9. The van der Waals surface area contributed by atoms with Gasteiger partial charge in [0.15, 0.2) is 0 Å². The summed E-state index contributed by atoms with van der Waals surface area (Å²) in [6, 6.07) is 8.86. The SMILES string of the molecule is CNC(=O)[C@]1(c2ccccc2)C[C@@H]2CCCN(C(C)=O)[C@@H]2C(=O)N1. The highest BCUT2D eigenvalue weighted by molar-refractivity contribution is 5.96. The Morgan fingerprint density at radius 1 is 1.29 bits per heavy atom. The van der Waals surface area contributed by atoms with Crippen molar-refractivity contribution in [3.63, 3.8) is 0 Å². The zero-order valence-electron chi connectivity index (χ0n) is 14.0. The summed E-state index contributed by atoms with van der Waals surface area (Å²) >= 11 is 0. The molecule has 0 aliphatic carbocycles. The number of piperidine rings is 2. The Bertz CT molecular complexity index is 661. The van der Waals surface area contributed by atoms with E-state index in [1.54, 1.807) is 11.9 Å². The molecule has 0 unspecified atom stereocenters. The molecule has 2 N–H and O–H groups in total. The summed E-state index contributed by atoms with van der Waals surface area (Å²) in [5.41, 5.74) is -0.301. The molecule has 0 bridgehead atoms. The van der Waals surface area contributed by atoms with Crippen LogP contribution in [-0.2, 0) is 19.9 Å². The number of hydrogen-bond donors (Lipinski definition) is 2. The molecule has 2 aliphatic rings. The Kier molecular flexibility index (Phi) is 4.30. The number of rotatable bonds is 2. The highest BCUT2D eigenvalue weighted by Gasteiger charge is 2.53. The van der Waals surface area contributed by atoms with Crippen molar-refractivity contribution in [3.8, 4) is 0 Å². The Morgan fingerprint density at radius 2 is 2.00 bits per heavy atom. The highest BCUT2D eigenvalue weighted by atomic mass is 16.2. The van der Waals surface area contributed by atoms with Gasteiger partial charge in [0, 0.05) is 20.5 Å². The zero-order chi connectivity index (χ0) is 17.3. The lowest BCUT2D eigenvalue weighted by Gasteiger charge is -2.49. The van der Waals surface area contributed by atoms with Gasteiger partial charge in [-0.1, -0.05) is 30.3 Å². The first-order valence-electron chi connectivity index (χ1n) is 8.36. The summed E-state index contributed by atoms with van der Waals surface area (Å²) in [5, 5.41) is 5.63. The average Bonchev–Trinajstić information content (AvgIpc) is 2.60. The standard InChI is InChI=1S/C18H23N3O3/c1-12(22)21-10-6-7-13-11-18(17(24)19-2,20-16(23)15(13)21)14-8-4-3-5-9-14/h3-5,8-9,13,15H,6-7,10-11H2,1-2H3,(H,19,24)(H,20,23)/t13-,15-,18+/m0/s1. The van der Waals surface area contributed by atoms with E-state index in [1.807, 2.05) is 30.3 Å². The van der Waals surface area contributed by atoms with Crippen molar-refractivity contribution in [3.05, 3.63) is 35.9 Å². The van der Waals surface area contributed by atoms with Crippen molar-refractivity contribution in [2.75, 3.05) is 13.6 Å². The van der Waals surface area contributed by atoms with E-state index in [4.69, 9.17) is 0 Å². The Hall–Kier alpha value is -2.37. The van der Waals surface area contributed by atoms with Crippen LogP contribution in [0.5, 0.6) is 0 Å². The third-order valence-electron chi connectivity index (χ3n) is 5.22. The van der Waals surface area contributed by atoms with Gasteiger partial charge in [0.05, 0.1) is 0 Å². The summed E-state index contributed by atoms with van der Waals surface area (Å²) in [6.45, 7) is 2.09. The number of amides is 3. The van der Waals surface area contributed by atoms with E-state index in [2.05, 4.69) is 10.6 Å². The molecule has 2 fully saturated rings. The van der Waals surface area contributed by atoms with E-state index >= 15 is 0 Å². The van der Waals surface area contributed by atoms with Crippen molar-refractivity contribution in [2.45, 2.75) is 37.8 Å². The van der Waals surface area contributed by atoms with Gasteiger partial charge in [0.2, 0.25) is 17.7 Å². The third-order valence-corrected chi connectivity index (χ3v) is 5.22. The van der Waals surface area contributed by atoms with Crippen LogP contribution in [-0.4, -0.2) is 42.3 Å². The second-order valence-electron chi connectivity index (χ2n) is 6.60. The molecule has 6 heteroatoms. The van der Waals surface area contributed by atoms with Crippen LogP contribution in [0.3, 0.4) is 0 Å². The minimum Gasteiger partial charge on any atom is -0.357 e. The Morgan fingerprint density at radius 3 is 2.62 bits per heavy atom. The summed E-state index contributed by atoms with van der Waals surface area (Å²) < 4.78 is 0. The van der Waals surface area contributed by atoms with Crippen LogP contribution in [0.2, 0.25) is 0 Å². The smallest absolute Gasteiger partial charge is 0.250 e. The van der Waals surface area contributed by atoms with Gasteiger partial charge in [-0.15, -0.1) is 0 Å². The first kappa shape index (κ1) is 16.5. The third kappa shape index (κ3) is 2.56. The molecule has 1 aromatic carbocycles. The first-order chi connectivity index (χ1) is 11.5. The predicted molar refractivity (Wildman–Crippen MR) is 88.8 cm³/mol. The lowest BCUT2D eigenvalue weighted by molar-refractivity contribution is -0.152. The van der Waals surface area contributed by atoms with Crippen molar-refractivity contribution in [2.24, 2.45) is 5.92 Å². The van der Waals surface area contributed by atoms with Gasteiger partial charge >= 0.3 is 0 Å². The number of likely N-dealkylation sites (tertiary alicyclic amines) is 1. The maximum Gasteiger partial charge on any atom is 0.250 e.